The summed E-state index contributed by atoms with van der Waals surface area (Å²) >= 11 is 0. The average Bonchev–Trinajstić information content (AvgIpc) is 2.86. The van der Waals surface area contributed by atoms with Crippen molar-refractivity contribution in [2.75, 3.05) is 19.7 Å². The highest BCUT2D eigenvalue weighted by molar-refractivity contribution is 5.76. The van der Waals surface area contributed by atoms with Crippen LogP contribution in [0.2, 0.25) is 0 Å². The Labute approximate surface area is 125 Å². The quantitative estimate of drug-likeness (QED) is 0.678. The molecule has 120 valence electrons. The van der Waals surface area contributed by atoms with Gasteiger partial charge >= 0.3 is 0 Å². The maximum Gasteiger partial charge on any atom is 0.288 e. The molecule has 0 saturated heterocycles. The predicted molar refractivity (Wildman–Crippen MR) is 77.9 cm³/mol. The molecule has 0 unspecified atom stereocenters. The predicted octanol–water partition coefficient (Wildman–Crippen LogP) is -0.0342. The standard InChI is InChI=1S/C15H26N2O4/c1-2-17(7-9-4-3-5-9)15-16-12-11(21-15)6-10(8-18)13(19)14(12)20/h9-14,18-20H,2-8H2,1H3/t10-,11+,12+,13-,14-/m1/s1. The molecular formula is C15H26N2O4. The van der Waals surface area contributed by atoms with E-state index in [1.807, 2.05) is 0 Å². The Hall–Kier alpha value is -0.850. The van der Waals surface area contributed by atoms with Gasteiger partial charge in [-0.1, -0.05) is 6.42 Å². The molecule has 5 atom stereocenters. The van der Waals surface area contributed by atoms with E-state index in [2.05, 4.69) is 16.8 Å². The van der Waals surface area contributed by atoms with Crippen molar-refractivity contribution in [1.82, 2.24) is 4.90 Å². The molecule has 2 fully saturated rings. The summed E-state index contributed by atoms with van der Waals surface area (Å²) in [7, 11) is 0. The van der Waals surface area contributed by atoms with Crippen LogP contribution >= 0.6 is 0 Å². The fourth-order valence-electron chi connectivity index (χ4n) is 3.52. The van der Waals surface area contributed by atoms with E-state index in [-0.39, 0.29) is 18.6 Å². The van der Waals surface area contributed by atoms with Gasteiger partial charge in [-0.15, -0.1) is 0 Å². The van der Waals surface area contributed by atoms with Crippen LogP contribution in [0.1, 0.15) is 32.6 Å². The van der Waals surface area contributed by atoms with Crippen LogP contribution in [0, 0.1) is 11.8 Å². The summed E-state index contributed by atoms with van der Waals surface area (Å²) in [5, 5.41) is 29.5. The minimum absolute atomic E-state index is 0.139. The van der Waals surface area contributed by atoms with Gasteiger partial charge in [-0.2, -0.15) is 0 Å². The lowest BCUT2D eigenvalue weighted by molar-refractivity contribution is -0.0956. The number of ether oxygens (including phenoxy) is 1. The zero-order valence-corrected chi connectivity index (χ0v) is 12.6. The molecule has 6 heteroatoms. The van der Waals surface area contributed by atoms with Crippen LogP contribution in [0.5, 0.6) is 0 Å². The van der Waals surface area contributed by atoms with Gasteiger partial charge in [-0.25, -0.2) is 4.99 Å². The van der Waals surface area contributed by atoms with E-state index in [0.717, 1.165) is 19.0 Å². The Kier molecular flexibility index (Phi) is 4.38. The number of hydrogen-bond acceptors (Lipinski definition) is 6. The third-order valence-corrected chi connectivity index (χ3v) is 5.21. The van der Waals surface area contributed by atoms with Gasteiger partial charge in [0.25, 0.3) is 6.02 Å². The molecule has 0 aromatic heterocycles. The highest BCUT2D eigenvalue weighted by Crippen LogP contribution is 2.34. The molecule has 3 rings (SSSR count). The van der Waals surface area contributed by atoms with Crippen molar-refractivity contribution in [2.24, 2.45) is 16.8 Å². The molecular weight excluding hydrogens is 272 g/mol. The van der Waals surface area contributed by atoms with E-state index in [0.29, 0.717) is 12.4 Å². The summed E-state index contributed by atoms with van der Waals surface area (Å²) in [6.07, 6.45) is 2.27. The van der Waals surface area contributed by atoms with Crippen molar-refractivity contribution in [3.63, 3.8) is 0 Å². The molecule has 6 nitrogen and oxygen atoms in total. The number of aliphatic imine (C=N–C) groups is 1. The van der Waals surface area contributed by atoms with Crippen molar-refractivity contribution >= 4 is 6.02 Å². The molecule has 3 N–H and O–H groups in total. The first kappa shape index (κ1) is 15.1. The molecule has 0 amide bonds. The summed E-state index contributed by atoms with van der Waals surface area (Å²) in [6, 6.07) is 0.192. The van der Waals surface area contributed by atoms with Crippen LogP contribution in [0.25, 0.3) is 0 Å². The number of hydrogen-bond donors (Lipinski definition) is 3. The Bertz CT molecular complexity index is 399. The molecule has 21 heavy (non-hydrogen) atoms. The third kappa shape index (κ3) is 2.76. The second-order valence-corrected chi connectivity index (χ2v) is 6.55. The minimum atomic E-state index is -0.958. The van der Waals surface area contributed by atoms with Gasteiger partial charge < -0.3 is 25.0 Å². The van der Waals surface area contributed by atoms with Crippen molar-refractivity contribution in [2.45, 2.75) is 57.0 Å². The monoisotopic (exact) mass is 298 g/mol. The second kappa shape index (κ2) is 6.10. The number of amidine groups is 1. The van der Waals surface area contributed by atoms with Crippen molar-refractivity contribution in [3.05, 3.63) is 0 Å². The summed E-state index contributed by atoms with van der Waals surface area (Å²) in [4.78, 5) is 6.66. The van der Waals surface area contributed by atoms with Gasteiger partial charge in [0.2, 0.25) is 0 Å². The number of fused-ring (bicyclic) bond motifs is 1. The van der Waals surface area contributed by atoms with Crippen molar-refractivity contribution in [1.29, 1.82) is 0 Å². The molecule has 1 aliphatic heterocycles. The lowest BCUT2D eigenvalue weighted by Crippen LogP contribution is -2.52. The fraction of sp³-hybridized carbons (Fsp3) is 0.933. The smallest absolute Gasteiger partial charge is 0.288 e. The molecule has 2 aliphatic carbocycles. The van der Waals surface area contributed by atoms with Crippen LogP contribution in [0.15, 0.2) is 4.99 Å². The van der Waals surface area contributed by atoms with E-state index in [4.69, 9.17) is 4.74 Å². The zero-order chi connectivity index (χ0) is 15.0. The van der Waals surface area contributed by atoms with E-state index in [1.165, 1.54) is 19.3 Å². The highest BCUT2D eigenvalue weighted by atomic mass is 16.5. The van der Waals surface area contributed by atoms with Crippen molar-refractivity contribution < 1.29 is 20.1 Å². The maximum absolute atomic E-state index is 10.2. The van der Waals surface area contributed by atoms with E-state index in [9.17, 15) is 15.3 Å². The van der Waals surface area contributed by atoms with E-state index < -0.39 is 18.2 Å². The molecule has 0 aromatic carbocycles. The largest absolute Gasteiger partial charge is 0.459 e. The second-order valence-electron chi connectivity index (χ2n) is 6.55. The molecule has 0 aromatic rings. The average molecular weight is 298 g/mol. The fourth-order valence-corrected chi connectivity index (χ4v) is 3.52. The molecule has 0 radical (unpaired) electrons. The lowest BCUT2D eigenvalue weighted by atomic mass is 9.80. The third-order valence-electron chi connectivity index (χ3n) is 5.21. The maximum atomic E-state index is 10.2. The number of aliphatic hydroxyl groups excluding tert-OH is 3. The zero-order valence-electron chi connectivity index (χ0n) is 12.6. The van der Waals surface area contributed by atoms with Gasteiger partial charge in [0.15, 0.2) is 0 Å². The van der Waals surface area contributed by atoms with Gasteiger partial charge in [0, 0.05) is 25.6 Å². The van der Waals surface area contributed by atoms with Gasteiger partial charge in [-0.05, 0) is 32.1 Å². The summed E-state index contributed by atoms with van der Waals surface area (Å²) in [5.74, 6) is 0.386. The highest BCUT2D eigenvalue weighted by Gasteiger charge is 2.48. The SMILES string of the molecule is CCN(CC1CCC1)C1=N[C@@H]2[C@@H](O)[C@H](O)[C@@H](CO)C[C@@H]2O1. The normalized spacial score (nSPS) is 39.2. The van der Waals surface area contributed by atoms with Gasteiger partial charge in [0.05, 0.1) is 6.10 Å². The summed E-state index contributed by atoms with van der Waals surface area (Å²) < 4.78 is 5.93. The van der Waals surface area contributed by atoms with Crippen LogP contribution < -0.4 is 0 Å². The summed E-state index contributed by atoms with van der Waals surface area (Å²) in [5.41, 5.74) is 0. The topological polar surface area (TPSA) is 85.5 Å². The molecule has 3 aliphatic rings. The summed E-state index contributed by atoms with van der Waals surface area (Å²) in [6.45, 7) is 3.72. The number of rotatable bonds is 4. The molecule has 2 saturated carbocycles. The molecule has 0 spiro atoms. The minimum Gasteiger partial charge on any atom is -0.459 e. The van der Waals surface area contributed by atoms with E-state index in [1.54, 1.807) is 0 Å². The first-order valence-electron chi connectivity index (χ1n) is 8.10. The number of nitrogens with zero attached hydrogens (tertiary/aromatic N) is 2. The van der Waals surface area contributed by atoms with Crippen LogP contribution in [0.3, 0.4) is 0 Å². The Morgan fingerprint density at radius 2 is 2.05 bits per heavy atom. The van der Waals surface area contributed by atoms with Crippen LogP contribution in [-0.2, 0) is 4.74 Å². The lowest BCUT2D eigenvalue weighted by Gasteiger charge is -2.37. The molecule has 1 heterocycles. The van der Waals surface area contributed by atoms with Gasteiger partial charge in [0.1, 0.15) is 18.2 Å². The Morgan fingerprint density at radius 3 is 2.62 bits per heavy atom. The Balaban J connectivity index is 1.68. The molecule has 0 bridgehead atoms. The first-order valence-corrected chi connectivity index (χ1v) is 8.10. The van der Waals surface area contributed by atoms with Crippen molar-refractivity contribution in [3.8, 4) is 0 Å². The number of aliphatic hydroxyl groups is 3. The first-order chi connectivity index (χ1) is 10.1. The van der Waals surface area contributed by atoms with Crippen LogP contribution in [0.4, 0.5) is 0 Å². The van der Waals surface area contributed by atoms with E-state index >= 15 is 0 Å². The van der Waals surface area contributed by atoms with Gasteiger partial charge in [-0.3, -0.25) is 0 Å². The Morgan fingerprint density at radius 1 is 1.29 bits per heavy atom. The van der Waals surface area contributed by atoms with Crippen LogP contribution in [-0.4, -0.2) is 70.3 Å².